The number of anilines is 1. The topological polar surface area (TPSA) is 107 Å². The van der Waals surface area contributed by atoms with Crippen molar-refractivity contribution < 1.29 is 29.3 Å². The lowest BCUT2D eigenvalue weighted by molar-refractivity contribution is -0.157. The summed E-state index contributed by atoms with van der Waals surface area (Å²) in [6.07, 6.45) is 3.47. The van der Waals surface area contributed by atoms with Crippen LogP contribution in [0.1, 0.15) is 57.6 Å². The van der Waals surface area contributed by atoms with E-state index in [0.717, 1.165) is 16.8 Å². The molecular weight excluding hydrogens is 472 g/mol. The number of likely N-dealkylation sites (tertiary alicyclic amines) is 1. The third-order valence-corrected chi connectivity index (χ3v) is 8.75. The van der Waals surface area contributed by atoms with E-state index >= 15 is 0 Å². The molecule has 3 saturated heterocycles. The van der Waals surface area contributed by atoms with E-state index in [9.17, 15) is 24.6 Å². The molecule has 3 fully saturated rings. The van der Waals surface area contributed by atoms with Gasteiger partial charge in [-0.25, -0.2) is 0 Å². The smallest absolute Gasteiger partial charge is 0.310 e. The van der Waals surface area contributed by atoms with Crippen LogP contribution in [0.2, 0.25) is 0 Å². The van der Waals surface area contributed by atoms with E-state index in [1.54, 1.807) is 11.0 Å². The number of carbonyl (C=O) groups excluding carboxylic acids is 2. The third kappa shape index (κ3) is 4.00. The molecule has 2 bridgehead atoms. The van der Waals surface area contributed by atoms with Crippen LogP contribution in [0.4, 0.5) is 5.69 Å². The second kappa shape index (κ2) is 9.87. The van der Waals surface area contributed by atoms with Gasteiger partial charge in [0.2, 0.25) is 5.91 Å². The number of carboxylic acids is 1. The van der Waals surface area contributed by atoms with Crippen LogP contribution in [-0.2, 0) is 19.1 Å². The van der Waals surface area contributed by atoms with Crippen LogP contribution in [0.5, 0.6) is 0 Å². The van der Waals surface area contributed by atoms with Crippen LogP contribution in [-0.4, -0.2) is 69.3 Å². The highest BCUT2D eigenvalue weighted by Crippen LogP contribution is 2.64. The van der Waals surface area contributed by atoms with Crippen molar-refractivity contribution in [3.8, 4) is 0 Å². The number of aliphatic carboxylic acids is 1. The molecule has 1 aromatic rings. The predicted molar refractivity (Wildman–Crippen MR) is 140 cm³/mol. The molecule has 8 nitrogen and oxygen atoms in total. The van der Waals surface area contributed by atoms with Gasteiger partial charge >= 0.3 is 5.97 Å². The maximum absolute atomic E-state index is 14.7. The lowest BCUT2D eigenvalue weighted by atomic mass is 9.65. The molecule has 202 valence electrons. The minimum atomic E-state index is -1.26. The third-order valence-electron chi connectivity index (χ3n) is 8.75. The molecule has 2 unspecified atom stereocenters. The number of carbonyl (C=O) groups is 3. The zero-order valence-corrected chi connectivity index (χ0v) is 22.6. The Morgan fingerprint density at radius 3 is 2.43 bits per heavy atom. The summed E-state index contributed by atoms with van der Waals surface area (Å²) in [5.74, 6) is -3.66. The van der Waals surface area contributed by atoms with Crippen molar-refractivity contribution in [3.63, 3.8) is 0 Å². The van der Waals surface area contributed by atoms with Gasteiger partial charge in [-0.2, -0.15) is 0 Å². The summed E-state index contributed by atoms with van der Waals surface area (Å²) in [4.78, 5) is 44.6. The molecule has 8 heteroatoms. The number of para-hydroxylation sites is 1. The van der Waals surface area contributed by atoms with Crippen LogP contribution in [0.25, 0.3) is 0 Å². The number of aliphatic hydroxyl groups excluding tert-OH is 1. The molecule has 6 atom stereocenters. The fourth-order valence-corrected chi connectivity index (χ4v) is 7.32. The summed E-state index contributed by atoms with van der Waals surface area (Å²) in [7, 11) is 0. The summed E-state index contributed by atoms with van der Waals surface area (Å²) in [6.45, 7) is 13.5. The predicted octanol–water partition coefficient (Wildman–Crippen LogP) is 3.47. The SMILES string of the molecule is C=CCN(C(=O)C1N([C@@H](CO)CC(C)C)C(=O)[C@@H]2[C@@H](C(=O)O)[C@@]3(CC)CCC12O3)c1c(C)cccc1C. The first kappa shape index (κ1) is 27.3. The summed E-state index contributed by atoms with van der Waals surface area (Å²) < 4.78 is 6.65. The molecule has 0 aliphatic carbocycles. The largest absolute Gasteiger partial charge is 0.481 e. The zero-order valence-electron chi connectivity index (χ0n) is 22.6. The van der Waals surface area contributed by atoms with Gasteiger partial charge in [-0.05, 0) is 56.6 Å². The quantitative estimate of drug-likeness (QED) is 0.465. The fourth-order valence-electron chi connectivity index (χ4n) is 7.32. The normalized spacial score (nSPS) is 31.1. The van der Waals surface area contributed by atoms with Crippen molar-refractivity contribution in [2.75, 3.05) is 18.1 Å². The molecule has 2 amide bonds. The monoisotopic (exact) mass is 512 g/mol. The molecule has 3 heterocycles. The Hall–Kier alpha value is -2.71. The van der Waals surface area contributed by atoms with E-state index in [0.29, 0.717) is 25.7 Å². The van der Waals surface area contributed by atoms with Crippen molar-refractivity contribution >= 4 is 23.5 Å². The van der Waals surface area contributed by atoms with Crippen molar-refractivity contribution in [3.05, 3.63) is 42.0 Å². The maximum atomic E-state index is 14.7. The molecule has 0 saturated carbocycles. The van der Waals surface area contributed by atoms with E-state index in [2.05, 4.69) is 6.58 Å². The average molecular weight is 513 g/mol. The second-order valence-electron chi connectivity index (χ2n) is 11.4. The first-order valence-electron chi connectivity index (χ1n) is 13.3. The summed E-state index contributed by atoms with van der Waals surface area (Å²) in [5, 5.41) is 20.7. The van der Waals surface area contributed by atoms with Crippen molar-refractivity contribution in [2.24, 2.45) is 17.8 Å². The lowest BCUT2D eigenvalue weighted by Crippen LogP contribution is -2.59. The van der Waals surface area contributed by atoms with E-state index < -0.39 is 47.0 Å². The van der Waals surface area contributed by atoms with Gasteiger partial charge in [0.15, 0.2) is 0 Å². The second-order valence-corrected chi connectivity index (χ2v) is 11.4. The Bertz CT molecular complexity index is 1080. The molecule has 2 N–H and O–H groups in total. The summed E-state index contributed by atoms with van der Waals surface area (Å²) >= 11 is 0. The minimum absolute atomic E-state index is 0.149. The van der Waals surface area contributed by atoms with Gasteiger partial charge in [-0.3, -0.25) is 14.4 Å². The lowest BCUT2D eigenvalue weighted by Gasteiger charge is -2.40. The highest BCUT2D eigenvalue weighted by molar-refractivity contribution is 6.05. The Morgan fingerprint density at radius 2 is 1.92 bits per heavy atom. The standard InChI is InChI=1S/C29H40N2O6/c1-7-14-30(23-18(5)10-9-11-19(23)6)26(34)24-29-13-12-28(8-2,37-29)22(27(35)36)21(29)25(33)31(24)20(16-32)15-17(3)4/h7,9-11,17,20-22,24,32H,1,8,12-16H2,2-6H3,(H,35,36)/t20-,21+,22+,24?,28-,29?/m1/s1. The Balaban J connectivity index is 1.91. The van der Waals surface area contributed by atoms with Crippen molar-refractivity contribution in [2.45, 2.75) is 83.6 Å². The molecule has 4 rings (SSSR count). The molecule has 0 radical (unpaired) electrons. The average Bonchev–Trinajstić information content (AvgIpc) is 3.45. The Morgan fingerprint density at radius 1 is 1.27 bits per heavy atom. The van der Waals surface area contributed by atoms with Crippen LogP contribution in [0, 0.1) is 31.6 Å². The van der Waals surface area contributed by atoms with E-state index in [1.807, 2.05) is 52.8 Å². The summed E-state index contributed by atoms with van der Waals surface area (Å²) in [6, 6.07) is 4.13. The van der Waals surface area contributed by atoms with Gasteiger partial charge in [0.1, 0.15) is 17.6 Å². The molecule has 37 heavy (non-hydrogen) atoms. The first-order chi connectivity index (χ1) is 17.5. The number of benzene rings is 1. The van der Waals surface area contributed by atoms with Crippen molar-refractivity contribution in [1.29, 1.82) is 0 Å². The number of ether oxygens (including phenoxy) is 1. The van der Waals surface area contributed by atoms with Gasteiger partial charge in [0, 0.05) is 12.2 Å². The first-order valence-corrected chi connectivity index (χ1v) is 13.3. The number of aryl methyl sites for hydroxylation is 2. The van der Waals surface area contributed by atoms with Gasteiger partial charge < -0.3 is 24.7 Å². The van der Waals surface area contributed by atoms with E-state index in [4.69, 9.17) is 4.74 Å². The number of hydrogen-bond donors (Lipinski definition) is 2. The molecule has 0 aromatic heterocycles. The van der Waals surface area contributed by atoms with Gasteiger partial charge in [0.25, 0.3) is 5.91 Å². The number of amides is 2. The number of aliphatic hydroxyl groups is 1. The molecule has 3 aliphatic rings. The molecule has 1 spiro atoms. The molecule has 3 aliphatic heterocycles. The van der Waals surface area contributed by atoms with E-state index in [-0.39, 0.29) is 25.0 Å². The number of nitrogens with zero attached hydrogens (tertiary/aromatic N) is 2. The van der Waals surface area contributed by atoms with Crippen LogP contribution >= 0.6 is 0 Å². The number of hydrogen-bond acceptors (Lipinski definition) is 5. The minimum Gasteiger partial charge on any atom is -0.481 e. The number of carboxylic acid groups (broad SMARTS) is 1. The Labute approximate surface area is 219 Å². The van der Waals surface area contributed by atoms with Gasteiger partial charge in [0.05, 0.1) is 24.2 Å². The van der Waals surface area contributed by atoms with Crippen LogP contribution < -0.4 is 4.90 Å². The highest BCUT2D eigenvalue weighted by atomic mass is 16.5. The van der Waals surface area contributed by atoms with Gasteiger partial charge in [-0.1, -0.05) is 45.0 Å². The van der Waals surface area contributed by atoms with Crippen LogP contribution in [0.15, 0.2) is 30.9 Å². The number of rotatable bonds is 10. The van der Waals surface area contributed by atoms with Gasteiger partial charge in [-0.15, -0.1) is 6.58 Å². The zero-order chi connectivity index (χ0) is 27.3. The Kier molecular flexibility index (Phi) is 7.29. The summed E-state index contributed by atoms with van der Waals surface area (Å²) in [5.41, 5.74) is 0.327. The molecule has 1 aromatic carbocycles. The number of fused-ring (bicyclic) bond motifs is 1. The van der Waals surface area contributed by atoms with Crippen molar-refractivity contribution in [1.82, 2.24) is 4.90 Å². The van der Waals surface area contributed by atoms with Crippen LogP contribution in [0.3, 0.4) is 0 Å². The maximum Gasteiger partial charge on any atom is 0.310 e. The van der Waals surface area contributed by atoms with E-state index in [1.165, 1.54) is 4.90 Å². The fraction of sp³-hybridized carbons (Fsp3) is 0.621. The highest BCUT2D eigenvalue weighted by Gasteiger charge is 2.79. The molecular formula is C29H40N2O6.